The van der Waals surface area contributed by atoms with Crippen LogP contribution in [0.5, 0.6) is 0 Å². The fourth-order valence-corrected chi connectivity index (χ4v) is 2.35. The van der Waals surface area contributed by atoms with Gasteiger partial charge in [0.05, 0.1) is 12.6 Å². The minimum Gasteiger partial charge on any atom is -0.459 e. The minimum atomic E-state index is -0.115. The van der Waals surface area contributed by atoms with Crippen LogP contribution in [0.4, 0.5) is 0 Å². The van der Waals surface area contributed by atoms with Crippen molar-refractivity contribution in [2.24, 2.45) is 0 Å². The number of furan rings is 1. The molecule has 22 heavy (non-hydrogen) atoms. The molecule has 0 N–H and O–H groups in total. The molecule has 0 aliphatic rings. The number of fused-ring (bicyclic) bond motifs is 1. The highest BCUT2D eigenvalue weighted by molar-refractivity contribution is 5.79. The normalized spacial score (nSPS) is 12.5. The molecular weight excluding hydrogens is 280 g/mol. The van der Waals surface area contributed by atoms with Crippen LogP contribution in [-0.4, -0.2) is 32.6 Å². The summed E-state index contributed by atoms with van der Waals surface area (Å²) >= 11 is 0. The van der Waals surface area contributed by atoms with Crippen molar-refractivity contribution in [3.63, 3.8) is 0 Å². The smallest absolute Gasteiger partial charge is 0.224 e. The molecule has 1 atom stereocenters. The number of nitrogens with zero attached hydrogens (tertiary/aromatic N) is 4. The van der Waals surface area contributed by atoms with E-state index in [0.29, 0.717) is 13.0 Å². The first kappa shape index (κ1) is 14.3. The molecule has 1 unspecified atom stereocenters. The Kier molecular flexibility index (Phi) is 3.91. The van der Waals surface area contributed by atoms with Gasteiger partial charge in [0.1, 0.15) is 24.0 Å². The van der Waals surface area contributed by atoms with Gasteiger partial charge in [0, 0.05) is 18.9 Å². The van der Waals surface area contributed by atoms with E-state index in [4.69, 9.17) is 4.42 Å². The topological polar surface area (TPSA) is 64.2 Å². The highest BCUT2D eigenvalue weighted by Gasteiger charge is 2.20. The number of aryl methyl sites for hydroxylation is 1. The van der Waals surface area contributed by atoms with Crippen molar-refractivity contribution >= 4 is 16.9 Å². The monoisotopic (exact) mass is 298 g/mol. The maximum atomic E-state index is 12.3. The van der Waals surface area contributed by atoms with Crippen molar-refractivity contribution in [1.82, 2.24) is 19.7 Å². The second-order valence-corrected chi connectivity index (χ2v) is 5.28. The number of aromatic nitrogens is 3. The molecule has 0 bridgehead atoms. The predicted octanol–water partition coefficient (Wildman–Crippen LogP) is 2.63. The van der Waals surface area contributed by atoms with Crippen molar-refractivity contribution in [2.75, 3.05) is 7.05 Å². The van der Waals surface area contributed by atoms with Gasteiger partial charge >= 0.3 is 0 Å². The van der Waals surface area contributed by atoms with Crippen LogP contribution in [0.2, 0.25) is 0 Å². The Morgan fingerprint density at radius 3 is 2.95 bits per heavy atom. The van der Waals surface area contributed by atoms with E-state index in [1.165, 1.54) is 6.33 Å². The third kappa shape index (κ3) is 2.86. The summed E-state index contributed by atoms with van der Waals surface area (Å²) in [6.07, 6.45) is 3.45. The molecule has 2 heterocycles. The number of amides is 1. The quantitative estimate of drug-likeness (QED) is 0.726. The van der Waals surface area contributed by atoms with Crippen LogP contribution >= 0.6 is 0 Å². The summed E-state index contributed by atoms with van der Waals surface area (Å²) in [5.74, 6) is 0.835. The zero-order chi connectivity index (χ0) is 15.5. The molecular formula is C16H18N4O2. The highest BCUT2D eigenvalue weighted by atomic mass is 16.3. The Morgan fingerprint density at radius 2 is 2.23 bits per heavy atom. The zero-order valence-corrected chi connectivity index (χ0v) is 12.6. The molecule has 0 radical (unpaired) electrons. The van der Waals surface area contributed by atoms with Gasteiger partial charge in [0.15, 0.2) is 0 Å². The largest absolute Gasteiger partial charge is 0.459 e. The Labute approximate surface area is 128 Å². The van der Waals surface area contributed by atoms with Crippen LogP contribution < -0.4 is 0 Å². The molecule has 0 aliphatic heterocycles. The Bertz CT molecular complexity index is 730. The summed E-state index contributed by atoms with van der Waals surface area (Å²) in [7, 11) is 1.79. The summed E-state index contributed by atoms with van der Waals surface area (Å²) in [5.41, 5.74) is 0.841. The average molecular weight is 298 g/mol. The van der Waals surface area contributed by atoms with Gasteiger partial charge in [-0.25, -0.2) is 4.98 Å². The lowest BCUT2D eigenvalue weighted by atomic mass is 10.2. The van der Waals surface area contributed by atoms with E-state index in [1.54, 1.807) is 23.0 Å². The van der Waals surface area contributed by atoms with Crippen LogP contribution in [0.25, 0.3) is 11.0 Å². The zero-order valence-electron chi connectivity index (χ0n) is 12.6. The summed E-state index contributed by atoms with van der Waals surface area (Å²) in [6, 6.07) is 9.71. The van der Waals surface area contributed by atoms with Crippen LogP contribution in [0.3, 0.4) is 0 Å². The van der Waals surface area contributed by atoms with Gasteiger partial charge in [-0.1, -0.05) is 18.2 Å². The molecule has 6 nitrogen and oxygen atoms in total. The van der Waals surface area contributed by atoms with Crippen molar-refractivity contribution in [3.8, 4) is 0 Å². The maximum absolute atomic E-state index is 12.3. The molecule has 1 amide bonds. The Morgan fingerprint density at radius 1 is 1.41 bits per heavy atom. The molecule has 0 spiro atoms. The van der Waals surface area contributed by atoms with E-state index in [2.05, 4.69) is 10.1 Å². The molecule has 3 rings (SSSR count). The van der Waals surface area contributed by atoms with E-state index in [0.717, 1.165) is 16.7 Å². The molecule has 0 aliphatic carbocycles. The van der Waals surface area contributed by atoms with Crippen molar-refractivity contribution < 1.29 is 9.21 Å². The van der Waals surface area contributed by atoms with Crippen LogP contribution in [0.15, 0.2) is 47.4 Å². The summed E-state index contributed by atoms with van der Waals surface area (Å²) < 4.78 is 7.48. The second-order valence-electron chi connectivity index (χ2n) is 5.28. The predicted molar refractivity (Wildman–Crippen MR) is 82.0 cm³/mol. The van der Waals surface area contributed by atoms with E-state index >= 15 is 0 Å². The molecule has 1 aromatic carbocycles. The average Bonchev–Trinajstić information content (AvgIpc) is 3.19. The Balaban J connectivity index is 1.67. The third-order valence-corrected chi connectivity index (χ3v) is 3.85. The number of hydrogen-bond donors (Lipinski definition) is 0. The number of rotatable bonds is 5. The maximum Gasteiger partial charge on any atom is 0.224 e. The van der Waals surface area contributed by atoms with E-state index in [9.17, 15) is 4.79 Å². The van der Waals surface area contributed by atoms with E-state index in [-0.39, 0.29) is 11.9 Å². The highest BCUT2D eigenvalue weighted by Crippen LogP contribution is 2.26. The van der Waals surface area contributed by atoms with Gasteiger partial charge in [0.2, 0.25) is 5.91 Å². The van der Waals surface area contributed by atoms with Gasteiger partial charge in [-0.3, -0.25) is 9.48 Å². The molecule has 0 fully saturated rings. The third-order valence-electron chi connectivity index (χ3n) is 3.85. The van der Waals surface area contributed by atoms with E-state index < -0.39 is 0 Å². The Hall–Kier alpha value is -2.63. The lowest BCUT2D eigenvalue weighted by Gasteiger charge is -2.23. The molecule has 2 aromatic heterocycles. The molecule has 3 aromatic rings. The minimum absolute atomic E-state index is 0.0449. The number of para-hydroxylation sites is 1. The van der Waals surface area contributed by atoms with Crippen LogP contribution in [-0.2, 0) is 11.3 Å². The second kappa shape index (κ2) is 6.01. The molecule has 0 saturated heterocycles. The number of hydrogen-bond acceptors (Lipinski definition) is 4. The van der Waals surface area contributed by atoms with Gasteiger partial charge < -0.3 is 9.32 Å². The van der Waals surface area contributed by atoms with Gasteiger partial charge in [-0.05, 0) is 19.1 Å². The summed E-state index contributed by atoms with van der Waals surface area (Å²) in [4.78, 5) is 17.9. The molecule has 0 saturated carbocycles. The van der Waals surface area contributed by atoms with Crippen LogP contribution in [0.1, 0.15) is 25.1 Å². The van der Waals surface area contributed by atoms with Crippen molar-refractivity contribution in [2.45, 2.75) is 25.9 Å². The first-order chi connectivity index (χ1) is 10.6. The summed E-state index contributed by atoms with van der Waals surface area (Å²) in [5, 5.41) is 5.04. The van der Waals surface area contributed by atoms with E-state index in [1.807, 2.05) is 37.3 Å². The fraction of sp³-hybridized carbons (Fsp3) is 0.312. The van der Waals surface area contributed by atoms with Gasteiger partial charge in [-0.15, -0.1) is 0 Å². The SMILES string of the molecule is CC(c1cc2ccccc2o1)N(C)C(=O)CCn1cncn1. The number of carbonyl (C=O) groups excluding carboxylic acids is 1. The lowest BCUT2D eigenvalue weighted by Crippen LogP contribution is -2.30. The first-order valence-electron chi connectivity index (χ1n) is 7.21. The van der Waals surface area contributed by atoms with Gasteiger partial charge in [0.25, 0.3) is 0 Å². The van der Waals surface area contributed by atoms with Crippen LogP contribution in [0, 0.1) is 0 Å². The summed E-state index contributed by atoms with van der Waals surface area (Å²) in [6.45, 7) is 2.49. The van der Waals surface area contributed by atoms with Crippen molar-refractivity contribution in [3.05, 3.63) is 48.7 Å². The van der Waals surface area contributed by atoms with Gasteiger partial charge in [-0.2, -0.15) is 5.10 Å². The molecule has 6 heteroatoms. The standard InChI is InChI=1S/C16H18N4O2/c1-12(15-9-13-5-3-4-6-14(13)22-15)19(2)16(21)7-8-20-11-17-10-18-20/h3-6,9-12H,7-8H2,1-2H3. The fourth-order valence-electron chi connectivity index (χ4n) is 2.35. The molecule has 114 valence electrons. The number of carbonyl (C=O) groups is 1. The number of benzene rings is 1. The first-order valence-corrected chi connectivity index (χ1v) is 7.21. The van der Waals surface area contributed by atoms with Crippen molar-refractivity contribution in [1.29, 1.82) is 0 Å². The lowest BCUT2D eigenvalue weighted by molar-refractivity contribution is -0.132.